The Bertz CT molecular complexity index is 2130. The van der Waals surface area contributed by atoms with Crippen LogP contribution in [0.5, 0.6) is 5.75 Å². The number of alkyl halides is 2. The number of thioether (sulfide) groups is 1. The van der Waals surface area contributed by atoms with Gasteiger partial charge < -0.3 is 24.9 Å². The van der Waals surface area contributed by atoms with Crippen LogP contribution in [0.15, 0.2) is 137 Å². The molecule has 0 bridgehead atoms. The summed E-state index contributed by atoms with van der Waals surface area (Å²) in [5.74, 6) is -0.971. The largest absolute Gasteiger partial charge is 0.497 e. The summed E-state index contributed by atoms with van der Waals surface area (Å²) in [6.45, 7) is -0.0253. The highest BCUT2D eigenvalue weighted by atomic mass is 35.5. The molecule has 11 nitrogen and oxygen atoms in total. The smallest absolute Gasteiger partial charge is 0.355 e. The van der Waals surface area contributed by atoms with Gasteiger partial charge in [-0.2, -0.15) is 4.39 Å². The summed E-state index contributed by atoms with van der Waals surface area (Å²) in [5, 5.41) is 11.1. The Hall–Kier alpha value is -5.70. The summed E-state index contributed by atoms with van der Waals surface area (Å²) in [4.78, 5) is 50.0. The van der Waals surface area contributed by atoms with E-state index in [1.165, 1.54) is 33.4 Å². The average molecular weight is 812 g/mol. The Morgan fingerprint density at radius 3 is 2.16 bits per heavy atom. The van der Waals surface area contributed by atoms with Crippen molar-refractivity contribution < 1.29 is 33.1 Å². The molecule has 2 amide bonds. The first-order valence-corrected chi connectivity index (χ1v) is 19.9. The number of aromatic nitrogens is 1. The van der Waals surface area contributed by atoms with Crippen molar-refractivity contribution in [1.29, 1.82) is 0 Å². The molecule has 1 fully saturated rings. The number of esters is 1. The number of benzene rings is 4. The van der Waals surface area contributed by atoms with E-state index < -0.39 is 41.1 Å². The highest BCUT2D eigenvalue weighted by Crippen LogP contribution is 2.42. The van der Waals surface area contributed by atoms with Crippen LogP contribution in [0.4, 0.5) is 9.52 Å². The Morgan fingerprint density at radius 2 is 1.59 bits per heavy atom. The third kappa shape index (κ3) is 7.99. The lowest BCUT2D eigenvalue weighted by atomic mass is 9.77. The average Bonchev–Trinajstić information content (AvgIpc) is 3.73. The van der Waals surface area contributed by atoms with E-state index >= 15 is 4.39 Å². The lowest BCUT2D eigenvalue weighted by Gasteiger charge is -2.49. The van der Waals surface area contributed by atoms with Crippen molar-refractivity contribution >= 4 is 63.8 Å². The zero-order valence-corrected chi connectivity index (χ0v) is 32.2. The van der Waals surface area contributed by atoms with Gasteiger partial charge in [0, 0.05) is 17.0 Å². The topological polar surface area (TPSA) is 131 Å². The number of carbonyl (C=O) groups is 3. The van der Waals surface area contributed by atoms with Gasteiger partial charge in [0.15, 0.2) is 5.13 Å². The molecule has 4 aromatic carbocycles. The van der Waals surface area contributed by atoms with Crippen molar-refractivity contribution in [3.63, 3.8) is 0 Å². The molecule has 56 heavy (non-hydrogen) atoms. The summed E-state index contributed by atoms with van der Waals surface area (Å²) in [5.41, 5.74) is 3.28. The zero-order chi connectivity index (χ0) is 39.1. The first-order valence-electron chi connectivity index (χ1n) is 17.4. The molecule has 3 atom stereocenters. The SMILES string of the molecule is COc1ccc(COC(=O)C2=C(CCl)CS[C@@H]3[C@H](NC(=O)/C=N/O[C@H](F)c4csc(NC(c5ccccc5)(c5ccccc5)c5ccccc5)n4)C(=O)N23)cc1. The number of fused-ring (bicyclic) bond motifs is 1. The number of rotatable bonds is 15. The van der Waals surface area contributed by atoms with Gasteiger partial charge in [-0.25, -0.2) is 9.78 Å². The first-order chi connectivity index (χ1) is 27.3. The van der Waals surface area contributed by atoms with Crippen LogP contribution < -0.4 is 15.4 Å². The van der Waals surface area contributed by atoms with Crippen LogP contribution in [-0.4, -0.2) is 64.0 Å². The molecule has 7 rings (SSSR count). The number of hydrogen-bond donors (Lipinski definition) is 2. The highest BCUT2D eigenvalue weighted by Gasteiger charge is 2.54. The molecule has 2 aliphatic heterocycles. The number of oxime groups is 1. The minimum atomic E-state index is -2.09. The molecular formula is C41H35ClFN5O6S2. The molecule has 3 heterocycles. The quantitative estimate of drug-likeness (QED) is 0.0283. The van der Waals surface area contributed by atoms with Crippen molar-refractivity contribution in [2.24, 2.45) is 5.16 Å². The number of anilines is 1. The molecular weight excluding hydrogens is 777 g/mol. The molecule has 286 valence electrons. The van der Waals surface area contributed by atoms with Crippen molar-refractivity contribution in [3.05, 3.63) is 160 Å². The first kappa shape index (κ1) is 38.6. The molecule has 0 radical (unpaired) electrons. The fourth-order valence-corrected chi connectivity index (χ4v) is 8.92. The van der Waals surface area contributed by atoms with Gasteiger partial charge in [-0.1, -0.05) is 108 Å². The Labute approximate surface area is 335 Å². The van der Waals surface area contributed by atoms with Gasteiger partial charge in [0.25, 0.3) is 11.8 Å². The monoisotopic (exact) mass is 811 g/mol. The normalized spacial score (nSPS) is 17.1. The van der Waals surface area contributed by atoms with Gasteiger partial charge in [-0.3, -0.25) is 14.5 Å². The maximum absolute atomic E-state index is 15.3. The van der Waals surface area contributed by atoms with Gasteiger partial charge in [0.05, 0.1) is 7.11 Å². The van der Waals surface area contributed by atoms with Crippen LogP contribution in [0.3, 0.4) is 0 Å². The van der Waals surface area contributed by atoms with Crippen molar-refractivity contribution in [1.82, 2.24) is 15.2 Å². The number of β-lactam (4-membered cyclic amide) rings is 1. The van der Waals surface area contributed by atoms with E-state index in [1.807, 2.05) is 91.0 Å². The Morgan fingerprint density at radius 1 is 0.982 bits per heavy atom. The fraction of sp³-hybridized carbons (Fsp3) is 0.195. The molecule has 0 aliphatic carbocycles. The number of halogens is 2. The summed E-state index contributed by atoms with van der Waals surface area (Å²) in [6, 6.07) is 35.8. The van der Waals surface area contributed by atoms with E-state index in [0.717, 1.165) is 28.5 Å². The molecule has 0 unspecified atom stereocenters. The van der Waals surface area contributed by atoms with Gasteiger partial charge in [0.1, 0.15) is 46.9 Å². The number of ether oxygens (including phenoxy) is 2. The molecule has 5 aromatic rings. The summed E-state index contributed by atoms with van der Waals surface area (Å²) < 4.78 is 26.0. The second kappa shape index (κ2) is 17.4. The van der Waals surface area contributed by atoms with E-state index in [-0.39, 0.29) is 23.9 Å². The molecule has 1 aromatic heterocycles. The maximum Gasteiger partial charge on any atom is 0.355 e. The summed E-state index contributed by atoms with van der Waals surface area (Å²) >= 11 is 8.68. The van der Waals surface area contributed by atoms with Crippen molar-refractivity contribution in [2.75, 3.05) is 24.1 Å². The second-order valence-electron chi connectivity index (χ2n) is 12.6. The Kier molecular flexibility index (Phi) is 12.0. The fourth-order valence-electron chi connectivity index (χ4n) is 6.48. The van der Waals surface area contributed by atoms with Crippen LogP contribution in [-0.2, 0) is 36.1 Å². The molecule has 0 saturated carbocycles. The number of nitrogens with zero attached hydrogens (tertiary/aromatic N) is 3. The predicted molar refractivity (Wildman–Crippen MR) is 214 cm³/mol. The van der Waals surface area contributed by atoms with Gasteiger partial charge in [-0.15, -0.1) is 34.7 Å². The lowest BCUT2D eigenvalue weighted by molar-refractivity contribution is -0.153. The van der Waals surface area contributed by atoms with Gasteiger partial charge >= 0.3 is 12.3 Å². The number of nitrogens with one attached hydrogen (secondary N) is 2. The van der Waals surface area contributed by atoms with Crippen LogP contribution in [0.1, 0.15) is 34.3 Å². The highest BCUT2D eigenvalue weighted by molar-refractivity contribution is 8.00. The van der Waals surface area contributed by atoms with Crippen molar-refractivity contribution in [2.45, 2.75) is 29.9 Å². The predicted octanol–water partition coefficient (Wildman–Crippen LogP) is 7.16. The Balaban J connectivity index is 0.980. The third-order valence-electron chi connectivity index (χ3n) is 9.22. The zero-order valence-electron chi connectivity index (χ0n) is 29.8. The van der Waals surface area contributed by atoms with Crippen LogP contribution in [0.2, 0.25) is 0 Å². The van der Waals surface area contributed by atoms with Crippen LogP contribution >= 0.6 is 34.7 Å². The molecule has 2 aliphatic rings. The lowest BCUT2D eigenvalue weighted by Crippen LogP contribution is -2.70. The van der Waals surface area contributed by atoms with Crippen LogP contribution in [0.25, 0.3) is 0 Å². The van der Waals surface area contributed by atoms with E-state index in [2.05, 4.69) is 20.8 Å². The van der Waals surface area contributed by atoms with E-state index in [4.69, 9.17) is 25.9 Å². The molecule has 2 N–H and O–H groups in total. The second-order valence-corrected chi connectivity index (χ2v) is 14.8. The van der Waals surface area contributed by atoms with E-state index in [1.54, 1.807) is 31.4 Å². The van der Waals surface area contributed by atoms with Gasteiger partial charge in [-0.05, 0) is 40.0 Å². The number of amides is 2. The number of hydrogen-bond acceptors (Lipinski definition) is 11. The maximum atomic E-state index is 15.3. The standard InChI is InChI=1S/C41H35ClFN5O6S2/c1-52-31-19-17-26(18-20-31)23-53-39(51)35-27(21-42)24-55-38-34(37(50)48(35)38)46-33(49)22-44-54-36(43)32-25-56-40(45-32)47-41(28-11-5-2-6-12-28,29-13-7-3-8-14-29)30-15-9-4-10-16-30/h2-20,22,25,34,36,38H,21,23-24H2,1H3,(H,45,47)(H,46,49)/b44-22+/t34-,36+,38-/m1/s1. The minimum absolute atomic E-state index is 0.0202. The minimum Gasteiger partial charge on any atom is -0.497 e. The number of carbonyl (C=O) groups excluding carboxylic acids is 3. The van der Waals surface area contributed by atoms with Gasteiger partial charge in [0.2, 0.25) is 0 Å². The van der Waals surface area contributed by atoms with Crippen molar-refractivity contribution in [3.8, 4) is 5.75 Å². The van der Waals surface area contributed by atoms with E-state index in [0.29, 0.717) is 22.2 Å². The molecule has 0 spiro atoms. The number of methoxy groups -OCH3 is 1. The molecule has 1 saturated heterocycles. The van der Waals surface area contributed by atoms with E-state index in [9.17, 15) is 14.4 Å². The summed E-state index contributed by atoms with van der Waals surface area (Å²) in [6.07, 6.45) is -1.35. The van der Waals surface area contributed by atoms with Crippen LogP contribution in [0, 0.1) is 0 Å². The summed E-state index contributed by atoms with van der Waals surface area (Å²) in [7, 11) is 1.55. The molecule has 15 heteroatoms. The number of thiazole rings is 1. The third-order valence-corrected chi connectivity index (χ3v) is 11.7.